The number of amidine groups is 1. The molecular formula is C25H22F3N3O5. The molecule has 11 heteroatoms. The molecule has 0 aromatic heterocycles. The summed E-state index contributed by atoms with van der Waals surface area (Å²) in [6.07, 6.45) is 0. The standard InChI is InChI=1S/C25H22F3N3O5/c1-14(32)36-25(34-2,24(33)31-13-15-3-5-16(6-4-15)23(29)30)21-19(27)11-12-20(22(21)28)35-18-9-7-17(26)8-10-18/h3-12H,13H2,1-2H3,(H3,29,30)(H,31,33). The lowest BCUT2D eigenvalue weighted by molar-refractivity contribution is -0.226. The number of esters is 1. The van der Waals surface area contributed by atoms with Gasteiger partial charge in [0.1, 0.15) is 28.8 Å². The van der Waals surface area contributed by atoms with E-state index in [1.165, 1.54) is 12.1 Å². The van der Waals surface area contributed by atoms with Crippen molar-refractivity contribution in [3.8, 4) is 11.5 Å². The van der Waals surface area contributed by atoms with Crippen molar-refractivity contribution in [1.29, 1.82) is 5.41 Å². The largest absolute Gasteiger partial charge is 0.454 e. The molecule has 0 fully saturated rings. The molecule has 1 amide bonds. The van der Waals surface area contributed by atoms with E-state index in [1.807, 2.05) is 0 Å². The van der Waals surface area contributed by atoms with E-state index in [9.17, 15) is 18.4 Å². The molecular weight excluding hydrogens is 479 g/mol. The lowest BCUT2D eigenvalue weighted by Gasteiger charge is -2.31. The van der Waals surface area contributed by atoms with Gasteiger partial charge in [0.05, 0.1) is 0 Å². The molecule has 1 unspecified atom stereocenters. The number of carbonyl (C=O) groups excluding carboxylic acids is 2. The summed E-state index contributed by atoms with van der Waals surface area (Å²) in [5.74, 6) is -8.89. The summed E-state index contributed by atoms with van der Waals surface area (Å²) in [5.41, 5.74) is 5.40. The number of hydrogen-bond donors (Lipinski definition) is 3. The molecule has 3 rings (SSSR count). The summed E-state index contributed by atoms with van der Waals surface area (Å²) in [7, 11) is 0.941. The van der Waals surface area contributed by atoms with Crippen LogP contribution in [0.15, 0.2) is 60.7 Å². The van der Waals surface area contributed by atoms with Crippen LogP contribution in [-0.4, -0.2) is 24.8 Å². The van der Waals surface area contributed by atoms with Gasteiger partial charge in [-0.25, -0.2) is 13.2 Å². The zero-order valence-electron chi connectivity index (χ0n) is 19.2. The van der Waals surface area contributed by atoms with E-state index in [4.69, 9.17) is 25.4 Å². The van der Waals surface area contributed by atoms with Gasteiger partial charge in [-0.1, -0.05) is 24.3 Å². The van der Waals surface area contributed by atoms with Crippen LogP contribution >= 0.6 is 0 Å². The van der Waals surface area contributed by atoms with Crippen LogP contribution in [0.1, 0.15) is 23.6 Å². The Labute approximate surface area is 204 Å². The number of methoxy groups -OCH3 is 1. The van der Waals surface area contributed by atoms with E-state index in [2.05, 4.69) is 5.32 Å². The predicted molar refractivity (Wildman–Crippen MR) is 123 cm³/mol. The van der Waals surface area contributed by atoms with Crippen LogP contribution in [0.3, 0.4) is 0 Å². The molecule has 1 atom stereocenters. The second kappa shape index (κ2) is 10.9. The molecule has 0 saturated heterocycles. The summed E-state index contributed by atoms with van der Waals surface area (Å²) >= 11 is 0. The van der Waals surface area contributed by atoms with Crippen LogP contribution < -0.4 is 15.8 Å². The molecule has 3 aromatic carbocycles. The van der Waals surface area contributed by atoms with Gasteiger partial charge < -0.3 is 25.3 Å². The average Bonchev–Trinajstić information content (AvgIpc) is 2.84. The van der Waals surface area contributed by atoms with E-state index in [-0.39, 0.29) is 18.1 Å². The maximum atomic E-state index is 15.6. The molecule has 36 heavy (non-hydrogen) atoms. The Hall–Kier alpha value is -4.38. The fourth-order valence-corrected chi connectivity index (χ4v) is 3.29. The first-order valence-electron chi connectivity index (χ1n) is 10.5. The van der Waals surface area contributed by atoms with Crippen molar-refractivity contribution >= 4 is 17.7 Å². The lowest BCUT2D eigenvalue weighted by Crippen LogP contribution is -2.49. The Morgan fingerprint density at radius 2 is 1.64 bits per heavy atom. The first kappa shape index (κ1) is 26.2. The number of nitrogens with two attached hydrogens (primary N) is 1. The molecule has 0 heterocycles. The number of carbonyl (C=O) groups is 2. The Bertz CT molecular complexity index is 1280. The van der Waals surface area contributed by atoms with Crippen molar-refractivity contribution in [1.82, 2.24) is 5.32 Å². The number of rotatable bonds is 9. The van der Waals surface area contributed by atoms with Gasteiger partial charge in [-0.15, -0.1) is 0 Å². The van der Waals surface area contributed by atoms with Crippen LogP contribution in [0.25, 0.3) is 0 Å². The molecule has 0 aliphatic rings. The number of amides is 1. The Kier molecular flexibility index (Phi) is 7.95. The van der Waals surface area contributed by atoms with Gasteiger partial charge in [0.2, 0.25) is 0 Å². The fraction of sp³-hybridized carbons (Fsp3) is 0.160. The highest BCUT2D eigenvalue weighted by atomic mass is 19.1. The summed E-state index contributed by atoms with van der Waals surface area (Å²) in [5, 5.41) is 9.86. The van der Waals surface area contributed by atoms with Crippen LogP contribution in [0.5, 0.6) is 11.5 Å². The van der Waals surface area contributed by atoms with E-state index in [0.29, 0.717) is 11.1 Å². The first-order chi connectivity index (χ1) is 17.1. The molecule has 0 aliphatic carbocycles. The van der Waals surface area contributed by atoms with Gasteiger partial charge in [0.25, 0.3) is 5.91 Å². The van der Waals surface area contributed by atoms with Gasteiger partial charge >= 0.3 is 11.8 Å². The Morgan fingerprint density at radius 1 is 1.00 bits per heavy atom. The molecule has 188 valence electrons. The topological polar surface area (TPSA) is 124 Å². The van der Waals surface area contributed by atoms with Gasteiger partial charge in [-0.05, 0) is 42.0 Å². The number of nitrogen functional groups attached to an aromatic ring is 1. The highest BCUT2D eigenvalue weighted by Gasteiger charge is 2.49. The molecule has 0 saturated carbocycles. The normalized spacial score (nSPS) is 12.4. The summed E-state index contributed by atoms with van der Waals surface area (Å²) in [6.45, 7) is 0.800. The summed E-state index contributed by atoms with van der Waals surface area (Å²) < 4.78 is 59.3. The molecule has 0 bridgehead atoms. The van der Waals surface area contributed by atoms with Crippen molar-refractivity contribution in [2.24, 2.45) is 5.73 Å². The summed E-state index contributed by atoms with van der Waals surface area (Å²) in [6, 6.07) is 12.6. The van der Waals surface area contributed by atoms with Crippen molar-refractivity contribution in [2.45, 2.75) is 19.3 Å². The lowest BCUT2D eigenvalue weighted by atomic mass is 10.0. The van der Waals surface area contributed by atoms with Crippen LogP contribution in [-0.2, 0) is 31.4 Å². The third-order valence-corrected chi connectivity index (χ3v) is 5.02. The first-order valence-corrected chi connectivity index (χ1v) is 10.5. The third kappa shape index (κ3) is 5.63. The molecule has 3 aromatic rings. The molecule has 8 nitrogen and oxygen atoms in total. The Balaban J connectivity index is 1.98. The van der Waals surface area contributed by atoms with E-state index < -0.39 is 46.4 Å². The average molecular weight is 501 g/mol. The van der Waals surface area contributed by atoms with Crippen LogP contribution in [0.4, 0.5) is 13.2 Å². The molecule has 0 spiro atoms. The SMILES string of the molecule is COC(OC(C)=O)(C(=O)NCc1ccc(C(=N)N)cc1)c1c(F)ccc(Oc2ccc(F)cc2)c1F. The van der Waals surface area contributed by atoms with Crippen molar-refractivity contribution in [3.05, 3.63) is 94.8 Å². The number of benzene rings is 3. The van der Waals surface area contributed by atoms with Gasteiger partial charge in [-0.3, -0.25) is 15.0 Å². The minimum Gasteiger partial charge on any atom is -0.454 e. The second-order valence-corrected chi connectivity index (χ2v) is 7.50. The second-order valence-electron chi connectivity index (χ2n) is 7.50. The predicted octanol–water partition coefficient (Wildman–Crippen LogP) is 3.86. The van der Waals surface area contributed by atoms with Crippen LogP contribution in [0, 0.1) is 22.9 Å². The van der Waals surface area contributed by atoms with Crippen molar-refractivity contribution in [3.63, 3.8) is 0 Å². The minimum absolute atomic E-state index is 0.0295. The minimum atomic E-state index is -2.85. The zero-order chi connectivity index (χ0) is 26.5. The number of halogens is 3. The zero-order valence-corrected chi connectivity index (χ0v) is 19.2. The summed E-state index contributed by atoms with van der Waals surface area (Å²) in [4.78, 5) is 25.1. The van der Waals surface area contributed by atoms with Crippen LogP contribution in [0.2, 0.25) is 0 Å². The maximum Gasteiger partial charge on any atom is 0.326 e. The van der Waals surface area contributed by atoms with Gasteiger partial charge in [0.15, 0.2) is 11.6 Å². The van der Waals surface area contributed by atoms with Crippen molar-refractivity contribution < 1.29 is 37.0 Å². The van der Waals surface area contributed by atoms with Gasteiger partial charge in [0, 0.05) is 26.1 Å². The highest BCUT2D eigenvalue weighted by Crippen LogP contribution is 2.37. The molecule has 0 aliphatic heterocycles. The van der Waals surface area contributed by atoms with E-state index in [0.717, 1.165) is 38.3 Å². The highest BCUT2D eigenvalue weighted by molar-refractivity contribution is 5.94. The number of nitrogens with one attached hydrogen (secondary N) is 2. The van der Waals surface area contributed by atoms with Crippen molar-refractivity contribution in [2.75, 3.05) is 7.11 Å². The number of ether oxygens (including phenoxy) is 3. The fourth-order valence-electron chi connectivity index (χ4n) is 3.29. The maximum absolute atomic E-state index is 15.6. The Morgan fingerprint density at radius 3 is 2.19 bits per heavy atom. The van der Waals surface area contributed by atoms with E-state index in [1.54, 1.807) is 24.3 Å². The third-order valence-electron chi connectivity index (χ3n) is 5.02. The molecule has 0 radical (unpaired) electrons. The van der Waals surface area contributed by atoms with E-state index >= 15 is 4.39 Å². The molecule has 4 N–H and O–H groups in total. The quantitative estimate of drug-likeness (QED) is 0.177. The van der Waals surface area contributed by atoms with Gasteiger partial charge in [-0.2, -0.15) is 0 Å². The smallest absolute Gasteiger partial charge is 0.326 e. The number of hydrogen-bond acceptors (Lipinski definition) is 6. The monoisotopic (exact) mass is 501 g/mol.